The fourth-order valence-electron chi connectivity index (χ4n) is 0.718. The predicted molar refractivity (Wildman–Crippen MR) is 32.7 cm³/mol. The Labute approximate surface area is 61.9 Å². The maximum absolute atomic E-state index is 12.5. The fourth-order valence-corrected chi connectivity index (χ4v) is 0.718. The van der Waals surface area contributed by atoms with Crippen molar-refractivity contribution < 1.29 is 8.78 Å². The van der Waals surface area contributed by atoms with Crippen molar-refractivity contribution in [2.45, 2.75) is 5.92 Å². The molecule has 0 saturated carbocycles. The summed E-state index contributed by atoms with van der Waals surface area (Å²) >= 11 is 0. The largest absolute Gasteiger partial charge is 0.388 e. The zero-order chi connectivity index (χ0) is 8.48. The van der Waals surface area contributed by atoms with Crippen LogP contribution in [0.5, 0.6) is 0 Å². The first-order valence-corrected chi connectivity index (χ1v) is 2.85. The second-order valence-corrected chi connectivity index (χ2v) is 2.05. The quantitative estimate of drug-likeness (QED) is 0.611. The van der Waals surface area contributed by atoms with Crippen LogP contribution in [0.1, 0.15) is 5.82 Å². The smallest absolute Gasteiger partial charge is 0.332 e. The first-order valence-electron chi connectivity index (χ1n) is 2.85. The Morgan fingerprint density at radius 3 is 2.73 bits per heavy atom. The van der Waals surface area contributed by atoms with Gasteiger partial charge in [0.25, 0.3) is 0 Å². The van der Waals surface area contributed by atoms with Gasteiger partial charge in [0.1, 0.15) is 6.07 Å². The number of aryl methyl sites for hydroxylation is 1. The van der Waals surface area contributed by atoms with E-state index in [2.05, 4.69) is 4.98 Å². The topological polar surface area (TPSA) is 41.6 Å². The van der Waals surface area contributed by atoms with Gasteiger partial charge in [-0.2, -0.15) is 14.0 Å². The van der Waals surface area contributed by atoms with E-state index in [-0.39, 0.29) is 0 Å². The standard InChI is InChI=1S/C6H5F2N3/c1-11-3-2-10-5(11)6(7,8)4-9/h2-3H,1H3. The Kier molecular flexibility index (Phi) is 1.61. The molecule has 0 bridgehead atoms. The number of hydrogen-bond acceptors (Lipinski definition) is 2. The molecule has 0 saturated heterocycles. The van der Waals surface area contributed by atoms with Crippen LogP contribution in [0.2, 0.25) is 0 Å². The third kappa shape index (κ3) is 1.19. The van der Waals surface area contributed by atoms with Crippen molar-refractivity contribution in [3.05, 3.63) is 18.2 Å². The highest BCUT2D eigenvalue weighted by Crippen LogP contribution is 2.24. The van der Waals surface area contributed by atoms with E-state index in [0.717, 1.165) is 10.6 Å². The third-order valence-electron chi connectivity index (χ3n) is 1.24. The summed E-state index contributed by atoms with van der Waals surface area (Å²) in [7, 11) is 1.41. The second-order valence-electron chi connectivity index (χ2n) is 2.05. The Hall–Kier alpha value is -1.44. The van der Waals surface area contributed by atoms with Gasteiger partial charge in [0, 0.05) is 19.4 Å². The first-order chi connectivity index (χ1) is 5.08. The highest BCUT2D eigenvalue weighted by atomic mass is 19.3. The molecular weight excluding hydrogens is 152 g/mol. The lowest BCUT2D eigenvalue weighted by atomic mass is 10.3. The number of hydrogen-bond donors (Lipinski definition) is 0. The van der Waals surface area contributed by atoms with E-state index >= 15 is 0 Å². The van der Waals surface area contributed by atoms with Gasteiger partial charge in [-0.05, 0) is 0 Å². The van der Waals surface area contributed by atoms with Crippen LogP contribution in [0.3, 0.4) is 0 Å². The molecule has 0 atom stereocenters. The molecule has 0 aliphatic rings. The van der Waals surface area contributed by atoms with Gasteiger partial charge in [0.15, 0.2) is 5.82 Å². The average molecular weight is 157 g/mol. The van der Waals surface area contributed by atoms with Crippen molar-refractivity contribution in [2.24, 2.45) is 7.05 Å². The molecule has 0 N–H and O–H groups in total. The first kappa shape index (κ1) is 7.66. The van der Waals surface area contributed by atoms with Crippen molar-refractivity contribution in [3.8, 4) is 6.07 Å². The van der Waals surface area contributed by atoms with E-state index in [1.165, 1.54) is 19.4 Å². The van der Waals surface area contributed by atoms with E-state index in [1.807, 2.05) is 0 Å². The van der Waals surface area contributed by atoms with E-state index in [9.17, 15) is 8.78 Å². The summed E-state index contributed by atoms with van der Waals surface area (Å²) in [5.41, 5.74) is 0. The summed E-state index contributed by atoms with van der Waals surface area (Å²) in [4.78, 5) is 3.35. The highest BCUT2D eigenvalue weighted by molar-refractivity contribution is 5.10. The Bertz CT molecular complexity index is 297. The lowest BCUT2D eigenvalue weighted by Gasteiger charge is -2.05. The molecule has 0 aromatic carbocycles. The molecule has 1 aromatic heterocycles. The number of alkyl halides is 2. The summed E-state index contributed by atoms with van der Waals surface area (Å²) < 4.78 is 26.2. The molecule has 1 heterocycles. The van der Waals surface area contributed by atoms with Gasteiger partial charge in [-0.1, -0.05) is 0 Å². The number of imidazole rings is 1. The van der Waals surface area contributed by atoms with Gasteiger partial charge in [-0.25, -0.2) is 4.98 Å². The molecule has 1 aromatic rings. The fraction of sp³-hybridized carbons (Fsp3) is 0.333. The van der Waals surface area contributed by atoms with Crippen LogP contribution in [0.25, 0.3) is 0 Å². The molecule has 0 aliphatic heterocycles. The average Bonchev–Trinajstić information content (AvgIpc) is 2.36. The van der Waals surface area contributed by atoms with Gasteiger partial charge in [-0.3, -0.25) is 0 Å². The number of nitriles is 1. The van der Waals surface area contributed by atoms with Gasteiger partial charge in [-0.15, -0.1) is 0 Å². The molecule has 11 heavy (non-hydrogen) atoms. The van der Waals surface area contributed by atoms with Gasteiger partial charge in [0.2, 0.25) is 0 Å². The zero-order valence-electron chi connectivity index (χ0n) is 5.75. The molecule has 0 unspecified atom stereocenters. The van der Waals surface area contributed by atoms with Crippen molar-refractivity contribution >= 4 is 0 Å². The van der Waals surface area contributed by atoms with Gasteiger partial charge >= 0.3 is 5.92 Å². The summed E-state index contributed by atoms with van der Waals surface area (Å²) in [6.45, 7) is 0. The normalized spacial score (nSPS) is 11.1. The molecule has 0 spiro atoms. The predicted octanol–water partition coefficient (Wildman–Crippen LogP) is 1.04. The lowest BCUT2D eigenvalue weighted by Crippen LogP contribution is -2.15. The van der Waals surface area contributed by atoms with Crippen LogP contribution < -0.4 is 0 Å². The summed E-state index contributed by atoms with van der Waals surface area (Å²) in [5, 5.41) is 8.04. The van der Waals surface area contributed by atoms with Crippen LogP contribution in [0.4, 0.5) is 8.78 Å². The Morgan fingerprint density at radius 1 is 1.73 bits per heavy atom. The minimum Gasteiger partial charge on any atom is -0.332 e. The molecule has 58 valence electrons. The zero-order valence-corrected chi connectivity index (χ0v) is 5.75. The summed E-state index contributed by atoms with van der Waals surface area (Å²) in [6, 6.07) is 0.868. The molecule has 0 amide bonds. The van der Waals surface area contributed by atoms with Crippen LogP contribution in [0.15, 0.2) is 12.4 Å². The van der Waals surface area contributed by atoms with Crippen molar-refractivity contribution in [1.29, 1.82) is 5.26 Å². The molecule has 0 aliphatic carbocycles. The molecule has 1 rings (SSSR count). The minimum atomic E-state index is -3.49. The van der Waals surface area contributed by atoms with E-state index in [1.54, 1.807) is 0 Å². The monoisotopic (exact) mass is 157 g/mol. The minimum absolute atomic E-state index is 0.528. The van der Waals surface area contributed by atoms with E-state index in [4.69, 9.17) is 5.26 Å². The van der Waals surface area contributed by atoms with Crippen LogP contribution >= 0.6 is 0 Å². The van der Waals surface area contributed by atoms with Crippen LogP contribution in [-0.4, -0.2) is 9.55 Å². The highest BCUT2D eigenvalue weighted by Gasteiger charge is 2.35. The number of aromatic nitrogens is 2. The van der Waals surface area contributed by atoms with Gasteiger partial charge < -0.3 is 4.57 Å². The SMILES string of the molecule is Cn1ccnc1C(F)(F)C#N. The maximum Gasteiger partial charge on any atom is 0.388 e. The molecular formula is C6H5F2N3. The second kappa shape index (κ2) is 2.31. The lowest BCUT2D eigenvalue weighted by molar-refractivity contribution is 0.0481. The molecule has 0 radical (unpaired) electrons. The van der Waals surface area contributed by atoms with E-state index < -0.39 is 11.7 Å². The van der Waals surface area contributed by atoms with Crippen LogP contribution in [0, 0.1) is 11.3 Å². The molecule has 5 heteroatoms. The van der Waals surface area contributed by atoms with Gasteiger partial charge in [0.05, 0.1) is 0 Å². The van der Waals surface area contributed by atoms with Crippen molar-refractivity contribution in [2.75, 3.05) is 0 Å². The Balaban J connectivity index is 3.13. The van der Waals surface area contributed by atoms with Crippen molar-refractivity contribution in [1.82, 2.24) is 9.55 Å². The number of halogens is 2. The molecule has 3 nitrogen and oxygen atoms in total. The number of rotatable bonds is 1. The van der Waals surface area contributed by atoms with E-state index in [0.29, 0.717) is 0 Å². The third-order valence-corrected chi connectivity index (χ3v) is 1.24. The summed E-state index contributed by atoms with van der Waals surface area (Å²) in [6.07, 6.45) is 2.58. The summed E-state index contributed by atoms with van der Waals surface area (Å²) in [5.74, 6) is -4.02. The van der Waals surface area contributed by atoms with Crippen LogP contribution in [-0.2, 0) is 13.0 Å². The van der Waals surface area contributed by atoms with Crippen molar-refractivity contribution in [3.63, 3.8) is 0 Å². The maximum atomic E-state index is 12.5. The molecule has 0 fully saturated rings. The Morgan fingerprint density at radius 2 is 2.36 bits per heavy atom. The number of nitrogens with zero attached hydrogens (tertiary/aromatic N) is 3.